The van der Waals surface area contributed by atoms with E-state index in [9.17, 15) is 9.90 Å². The lowest BCUT2D eigenvalue weighted by atomic mass is 10.1. The van der Waals surface area contributed by atoms with Crippen molar-refractivity contribution in [1.82, 2.24) is 5.32 Å². The fourth-order valence-corrected chi connectivity index (χ4v) is 2.90. The van der Waals surface area contributed by atoms with Crippen molar-refractivity contribution in [2.24, 2.45) is 0 Å². The number of hydrogen-bond acceptors (Lipinski definition) is 3. The molecular formula is C16H15BrN2O2. The van der Waals surface area contributed by atoms with Crippen molar-refractivity contribution in [1.29, 1.82) is 0 Å². The smallest absolute Gasteiger partial charge is 0.251 e. The Kier molecular flexibility index (Phi) is 3.69. The minimum atomic E-state index is -0.624. The molecule has 5 heteroatoms. The maximum atomic E-state index is 12.3. The minimum Gasteiger partial charge on any atom is -0.399 e. The standard InChI is InChI=1S/C16H15BrN2O2/c17-11-4-1-9(2-5-11)16(21)19-15-13-8-12(18)6-3-10(13)7-14(15)20/h1-6,8,14-15,20H,7,18H2,(H,19,21). The number of hydrogen-bond donors (Lipinski definition) is 3. The average Bonchev–Trinajstić information content (AvgIpc) is 2.76. The van der Waals surface area contributed by atoms with Crippen LogP contribution in [0.25, 0.3) is 0 Å². The van der Waals surface area contributed by atoms with Crippen molar-refractivity contribution >= 4 is 27.5 Å². The van der Waals surface area contributed by atoms with Crippen LogP contribution in [0.3, 0.4) is 0 Å². The van der Waals surface area contributed by atoms with Crippen LogP contribution < -0.4 is 11.1 Å². The highest BCUT2D eigenvalue weighted by atomic mass is 79.9. The number of halogens is 1. The van der Waals surface area contributed by atoms with Gasteiger partial charge >= 0.3 is 0 Å². The maximum Gasteiger partial charge on any atom is 0.251 e. The number of carbonyl (C=O) groups is 1. The van der Waals surface area contributed by atoms with Gasteiger partial charge in [0, 0.05) is 22.1 Å². The Bertz CT molecular complexity index is 685. The third-order valence-electron chi connectivity index (χ3n) is 3.71. The van der Waals surface area contributed by atoms with Crippen LogP contribution in [0.1, 0.15) is 27.5 Å². The number of anilines is 1. The summed E-state index contributed by atoms with van der Waals surface area (Å²) in [7, 11) is 0. The largest absolute Gasteiger partial charge is 0.399 e. The maximum absolute atomic E-state index is 12.3. The Hall–Kier alpha value is -1.85. The molecule has 2 unspecified atom stereocenters. The lowest BCUT2D eigenvalue weighted by Crippen LogP contribution is -2.33. The molecule has 0 saturated carbocycles. The number of rotatable bonds is 2. The van der Waals surface area contributed by atoms with Crippen LogP contribution in [0.15, 0.2) is 46.9 Å². The summed E-state index contributed by atoms with van der Waals surface area (Å²) >= 11 is 3.34. The van der Waals surface area contributed by atoms with Crippen molar-refractivity contribution in [3.63, 3.8) is 0 Å². The summed E-state index contributed by atoms with van der Waals surface area (Å²) in [6.07, 6.45) is -0.0952. The highest BCUT2D eigenvalue weighted by Gasteiger charge is 2.32. The third kappa shape index (κ3) is 2.80. The first-order valence-electron chi connectivity index (χ1n) is 6.67. The van der Waals surface area contributed by atoms with Gasteiger partial charge in [0.1, 0.15) is 0 Å². The number of nitrogens with one attached hydrogen (secondary N) is 1. The Morgan fingerprint density at radius 2 is 1.95 bits per heavy atom. The van der Waals surface area contributed by atoms with E-state index >= 15 is 0 Å². The van der Waals surface area contributed by atoms with E-state index < -0.39 is 12.1 Å². The topological polar surface area (TPSA) is 75.3 Å². The monoisotopic (exact) mass is 346 g/mol. The third-order valence-corrected chi connectivity index (χ3v) is 4.24. The Morgan fingerprint density at radius 3 is 2.67 bits per heavy atom. The lowest BCUT2D eigenvalue weighted by molar-refractivity contribution is 0.0858. The second kappa shape index (κ2) is 5.50. The quantitative estimate of drug-likeness (QED) is 0.731. The molecule has 1 amide bonds. The predicted molar refractivity (Wildman–Crippen MR) is 84.9 cm³/mol. The van der Waals surface area contributed by atoms with Crippen molar-refractivity contribution < 1.29 is 9.90 Å². The van der Waals surface area contributed by atoms with E-state index in [1.807, 2.05) is 30.3 Å². The van der Waals surface area contributed by atoms with Gasteiger partial charge in [-0.25, -0.2) is 0 Å². The number of nitrogen functional groups attached to an aromatic ring is 1. The fourth-order valence-electron chi connectivity index (χ4n) is 2.64. The zero-order valence-electron chi connectivity index (χ0n) is 11.2. The Morgan fingerprint density at radius 1 is 1.24 bits per heavy atom. The number of amides is 1. The van der Waals surface area contributed by atoms with E-state index in [-0.39, 0.29) is 5.91 Å². The first-order valence-corrected chi connectivity index (χ1v) is 7.46. The normalized spacial score (nSPS) is 20.1. The van der Waals surface area contributed by atoms with Gasteiger partial charge in [0.2, 0.25) is 0 Å². The first-order chi connectivity index (χ1) is 10.0. The predicted octanol–water partition coefficient (Wildman–Crippen LogP) is 2.42. The Balaban J connectivity index is 1.83. The molecule has 0 aromatic heterocycles. The molecular weight excluding hydrogens is 332 g/mol. The fraction of sp³-hybridized carbons (Fsp3) is 0.188. The van der Waals surface area contributed by atoms with Crippen LogP contribution in [0.4, 0.5) is 5.69 Å². The van der Waals surface area contributed by atoms with Crippen LogP contribution >= 0.6 is 15.9 Å². The van der Waals surface area contributed by atoms with Crippen LogP contribution in [-0.4, -0.2) is 17.1 Å². The van der Waals surface area contributed by atoms with Gasteiger partial charge < -0.3 is 16.2 Å². The number of aliphatic hydroxyl groups excluding tert-OH is 1. The molecule has 4 N–H and O–H groups in total. The van der Waals surface area contributed by atoms with Crippen LogP contribution in [0, 0.1) is 0 Å². The highest BCUT2D eigenvalue weighted by molar-refractivity contribution is 9.10. The second-order valence-electron chi connectivity index (χ2n) is 5.19. The summed E-state index contributed by atoms with van der Waals surface area (Å²) < 4.78 is 0.915. The van der Waals surface area contributed by atoms with Crippen molar-refractivity contribution in [2.75, 3.05) is 5.73 Å². The van der Waals surface area contributed by atoms with E-state index in [0.29, 0.717) is 17.7 Å². The van der Waals surface area contributed by atoms with Gasteiger partial charge in [0.25, 0.3) is 5.91 Å². The highest BCUT2D eigenvalue weighted by Crippen LogP contribution is 2.33. The van der Waals surface area contributed by atoms with Gasteiger partial charge in [-0.15, -0.1) is 0 Å². The molecule has 108 valence electrons. The van der Waals surface area contributed by atoms with Gasteiger partial charge in [-0.05, 0) is 47.5 Å². The van der Waals surface area contributed by atoms with Crippen LogP contribution in [0.2, 0.25) is 0 Å². The molecule has 0 aliphatic heterocycles. The van der Waals surface area contributed by atoms with Gasteiger partial charge in [-0.3, -0.25) is 4.79 Å². The van der Waals surface area contributed by atoms with E-state index in [1.165, 1.54) is 0 Å². The summed E-state index contributed by atoms with van der Waals surface area (Å²) in [6.45, 7) is 0. The van der Waals surface area contributed by atoms with Crippen LogP contribution in [0.5, 0.6) is 0 Å². The molecule has 2 aromatic carbocycles. The summed E-state index contributed by atoms with van der Waals surface area (Å²) in [5, 5.41) is 13.1. The van der Waals surface area contributed by atoms with Crippen LogP contribution in [-0.2, 0) is 6.42 Å². The summed E-state index contributed by atoms with van der Waals surface area (Å²) in [6, 6.07) is 12.2. The molecule has 0 fully saturated rings. The lowest BCUT2D eigenvalue weighted by Gasteiger charge is -2.18. The molecule has 0 radical (unpaired) electrons. The second-order valence-corrected chi connectivity index (χ2v) is 6.10. The van der Waals surface area contributed by atoms with Crippen molar-refractivity contribution in [3.05, 3.63) is 63.6 Å². The molecule has 3 rings (SSSR count). The number of aliphatic hydroxyl groups is 1. The minimum absolute atomic E-state index is 0.207. The number of nitrogens with two attached hydrogens (primary N) is 1. The first kappa shape index (κ1) is 14.1. The van der Waals surface area contributed by atoms with Gasteiger partial charge in [0.05, 0.1) is 12.1 Å². The van der Waals surface area contributed by atoms with Crippen molar-refractivity contribution in [2.45, 2.75) is 18.6 Å². The Labute approximate surface area is 131 Å². The summed E-state index contributed by atoms with van der Waals surface area (Å²) in [5.74, 6) is -0.207. The van der Waals surface area contributed by atoms with E-state index in [4.69, 9.17) is 5.73 Å². The zero-order valence-corrected chi connectivity index (χ0v) is 12.8. The number of carbonyl (C=O) groups excluding carboxylic acids is 1. The molecule has 0 spiro atoms. The van der Waals surface area contributed by atoms with Crippen molar-refractivity contribution in [3.8, 4) is 0 Å². The average molecular weight is 347 g/mol. The van der Waals surface area contributed by atoms with Gasteiger partial charge in [-0.1, -0.05) is 22.0 Å². The SMILES string of the molecule is Nc1ccc2c(c1)C(NC(=O)c1ccc(Br)cc1)C(O)C2. The molecule has 4 nitrogen and oxygen atoms in total. The molecule has 2 atom stereocenters. The molecule has 0 saturated heterocycles. The molecule has 0 bridgehead atoms. The molecule has 1 aliphatic rings. The van der Waals surface area contributed by atoms with E-state index in [1.54, 1.807) is 12.1 Å². The summed E-state index contributed by atoms with van der Waals surface area (Å²) in [5.41, 5.74) is 8.91. The molecule has 21 heavy (non-hydrogen) atoms. The van der Waals surface area contributed by atoms with Gasteiger partial charge in [0.15, 0.2) is 0 Å². The molecule has 2 aromatic rings. The van der Waals surface area contributed by atoms with E-state index in [2.05, 4.69) is 21.2 Å². The van der Waals surface area contributed by atoms with E-state index in [0.717, 1.165) is 15.6 Å². The molecule has 1 aliphatic carbocycles. The van der Waals surface area contributed by atoms with Gasteiger partial charge in [-0.2, -0.15) is 0 Å². The molecule has 0 heterocycles. The summed E-state index contributed by atoms with van der Waals surface area (Å²) in [4.78, 5) is 12.3. The number of fused-ring (bicyclic) bond motifs is 1. The number of benzene rings is 2. The zero-order chi connectivity index (χ0) is 15.0.